The summed E-state index contributed by atoms with van der Waals surface area (Å²) in [6, 6.07) is 25.0. The van der Waals surface area contributed by atoms with Crippen molar-refractivity contribution in [2.75, 3.05) is 11.2 Å². The fraction of sp³-hybridized carbons (Fsp3) is 0.0714. The Balaban J connectivity index is 1.93. The van der Waals surface area contributed by atoms with Crippen molar-refractivity contribution in [3.63, 3.8) is 0 Å². The lowest BCUT2D eigenvalue weighted by Crippen LogP contribution is -2.14. The van der Waals surface area contributed by atoms with Crippen LogP contribution in [-0.2, 0) is 0 Å². The van der Waals surface area contributed by atoms with E-state index in [1.807, 2.05) is 60.9 Å². The quantitative estimate of drug-likeness (QED) is 0.152. The van der Waals surface area contributed by atoms with Crippen molar-refractivity contribution in [3.05, 3.63) is 125 Å². The average Bonchev–Trinajstić information content (AvgIpc) is 2.84. The van der Waals surface area contributed by atoms with Crippen LogP contribution in [-0.4, -0.2) is 18.3 Å². The second-order valence-electron chi connectivity index (χ2n) is 7.07. The second-order valence-corrected chi connectivity index (χ2v) is 7.90. The predicted molar refractivity (Wildman–Crippen MR) is 137 cm³/mol. The zero-order valence-electron chi connectivity index (χ0n) is 18.2. The van der Waals surface area contributed by atoms with Crippen LogP contribution in [0.3, 0.4) is 0 Å². The minimum absolute atomic E-state index is 0.152. The highest BCUT2D eigenvalue weighted by molar-refractivity contribution is 8.02. The fourth-order valence-corrected chi connectivity index (χ4v) is 4.00. The molecule has 0 saturated carbocycles. The number of rotatable bonds is 9. The van der Waals surface area contributed by atoms with Crippen LogP contribution in [0.2, 0.25) is 0 Å². The third-order valence-corrected chi connectivity index (χ3v) is 5.67. The summed E-state index contributed by atoms with van der Waals surface area (Å²) in [5.74, 6) is -0.152. The number of benzene rings is 3. The maximum Gasteiger partial charge on any atom is 0.189 e. The Morgan fingerprint density at radius 2 is 1.53 bits per heavy atom. The van der Waals surface area contributed by atoms with Crippen LogP contribution < -0.4 is 4.90 Å². The minimum atomic E-state index is -0.152. The molecule has 0 saturated heterocycles. The summed E-state index contributed by atoms with van der Waals surface area (Å²) < 4.78 is 0. The number of nitrogens with zero attached hydrogens (tertiary/aromatic N) is 1. The van der Waals surface area contributed by atoms with Gasteiger partial charge in [0.25, 0.3) is 0 Å². The van der Waals surface area contributed by atoms with Gasteiger partial charge in [0.1, 0.15) is 0 Å². The molecule has 3 rings (SSSR count). The molecule has 32 heavy (non-hydrogen) atoms. The molecule has 3 aromatic carbocycles. The number of Topliss-reactive ketones (excluding diaryl/α,β-unsaturated/α-hetero) is 1. The molecule has 0 fully saturated rings. The molecule has 0 amide bonds. The summed E-state index contributed by atoms with van der Waals surface area (Å²) in [4.78, 5) is 26.3. The lowest BCUT2D eigenvalue weighted by Gasteiger charge is -2.26. The molecule has 0 N–H and O–H groups in total. The van der Waals surface area contributed by atoms with Crippen molar-refractivity contribution < 1.29 is 9.59 Å². The Morgan fingerprint density at radius 3 is 2.16 bits per heavy atom. The van der Waals surface area contributed by atoms with Crippen LogP contribution in [0.15, 0.2) is 108 Å². The highest BCUT2D eigenvalue weighted by atomic mass is 32.2. The van der Waals surface area contributed by atoms with Gasteiger partial charge in [0.2, 0.25) is 0 Å². The molecule has 0 heterocycles. The van der Waals surface area contributed by atoms with Crippen molar-refractivity contribution in [3.8, 4) is 0 Å². The Bertz CT molecular complexity index is 1160. The zero-order valence-corrected chi connectivity index (χ0v) is 19.0. The number of carbonyl (C=O) groups excluding carboxylic acids is 2. The highest BCUT2D eigenvalue weighted by Gasteiger charge is 2.15. The average molecular weight is 440 g/mol. The van der Waals surface area contributed by atoms with E-state index in [0.29, 0.717) is 23.0 Å². The number of carbonyl (C=O) groups is 2. The van der Waals surface area contributed by atoms with Crippen LogP contribution in [0.1, 0.15) is 33.2 Å². The molecule has 0 aliphatic carbocycles. The lowest BCUT2D eigenvalue weighted by atomic mass is 9.98. The van der Waals surface area contributed by atoms with E-state index in [0.717, 1.165) is 22.0 Å². The van der Waals surface area contributed by atoms with Gasteiger partial charge >= 0.3 is 0 Å². The third kappa shape index (κ3) is 5.34. The first kappa shape index (κ1) is 23.0. The molecule has 0 unspecified atom stereocenters. The van der Waals surface area contributed by atoms with Crippen LogP contribution in [0.25, 0.3) is 6.08 Å². The van der Waals surface area contributed by atoms with Gasteiger partial charge in [0.05, 0.1) is 5.03 Å². The first-order valence-electron chi connectivity index (χ1n) is 10.2. The SMILES string of the molecule is C=C/C=C(\SC)N(c1ccccc1)c1ccc(C=C(C)C(=O)c2ccccc2C=O)cc1. The number of allylic oxidation sites excluding steroid dienone is 3. The zero-order chi connectivity index (χ0) is 22.9. The molecule has 0 aliphatic rings. The van der Waals surface area contributed by atoms with E-state index in [4.69, 9.17) is 0 Å². The van der Waals surface area contributed by atoms with Crippen LogP contribution in [0.5, 0.6) is 0 Å². The van der Waals surface area contributed by atoms with E-state index in [1.165, 1.54) is 0 Å². The Hall–Kier alpha value is -3.63. The van der Waals surface area contributed by atoms with Gasteiger partial charge in [-0.05, 0) is 60.7 Å². The predicted octanol–water partition coefficient (Wildman–Crippen LogP) is 7.31. The molecule has 0 radical (unpaired) electrons. The second kappa shape index (κ2) is 11.1. The summed E-state index contributed by atoms with van der Waals surface area (Å²) in [6.07, 6.45) is 8.36. The summed E-state index contributed by atoms with van der Waals surface area (Å²) >= 11 is 1.64. The standard InChI is InChI=1S/C28H25NO2S/c1-4-10-27(32-3)29(24-12-6-5-7-13-24)25-17-15-22(16-18-25)19-21(2)28(31)26-14-9-8-11-23(26)20-30/h4-20H,1H2,2-3H3/b21-19?,27-10-. The summed E-state index contributed by atoms with van der Waals surface area (Å²) in [7, 11) is 0. The number of ketones is 1. The number of hydrogen-bond donors (Lipinski definition) is 0. The van der Waals surface area contributed by atoms with Crippen molar-refractivity contribution in [1.29, 1.82) is 0 Å². The first-order chi connectivity index (χ1) is 15.6. The molecule has 160 valence electrons. The Labute approximate surface area is 193 Å². The molecule has 0 atom stereocenters. The maximum atomic E-state index is 12.8. The highest BCUT2D eigenvalue weighted by Crippen LogP contribution is 2.34. The molecule has 0 aromatic heterocycles. The molecule has 0 spiro atoms. The van der Waals surface area contributed by atoms with E-state index < -0.39 is 0 Å². The Kier molecular flexibility index (Phi) is 8.01. The van der Waals surface area contributed by atoms with Gasteiger partial charge in [-0.15, -0.1) is 11.8 Å². The van der Waals surface area contributed by atoms with Crippen molar-refractivity contribution in [2.45, 2.75) is 6.92 Å². The Morgan fingerprint density at radius 1 is 0.906 bits per heavy atom. The van der Waals surface area contributed by atoms with Crippen molar-refractivity contribution >= 4 is 41.3 Å². The summed E-state index contributed by atoms with van der Waals surface area (Å²) in [5, 5.41) is 1.05. The fourth-order valence-electron chi connectivity index (χ4n) is 3.37. The summed E-state index contributed by atoms with van der Waals surface area (Å²) in [5.41, 5.74) is 4.36. The van der Waals surface area contributed by atoms with E-state index >= 15 is 0 Å². The molecular formula is C28H25NO2S. The molecule has 0 bridgehead atoms. The maximum absolute atomic E-state index is 12.8. The molecule has 3 nitrogen and oxygen atoms in total. The molecular weight excluding hydrogens is 414 g/mol. The van der Waals surface area contributed by atoms with E-state index in [9.17, 15) is 9.59 Å². The van der Waals surface area contributed by atoms with E-state index in [1.54, 1.807) is 49.0 Å². The van der Waals surface area contributed by atoms with Crippen molar-refractivity contribution in [1.82, 2.24) is 0 Å². The van der Waals surface area contributed by atoms with Gasteiger partial charge in [-0.3, -0.25) is 9.59 Å². The van der Waals surface area contributed by atoms with Crippen LogP contribution in [0.4, 0.5) is 11.4 Å². The third-order valence-electron chi connectivity index (χ3n) is 4.93. The molecule has 4 heteroatoms. The van der Waals surface area contributed by atoms with Gasteiger partial charge in [-0.2, -0.15) is 0 Å². The van der Waals surface area contributed by atoms with Crippen LogP contribution in [0, 0.1) is 0 Å². The van der Waals surface area contributed by atoms with Gasteiger partial charge in [0.15, 0.2) is 12.1 Å². The van der Waals surface area contributed by atoms with E-state index in [-0.39, 0.29) is 5.78 Å². The smallest absolute Gasteiger partial charge is 0.189 e. The monoisotopic (exact) mass is 439 g/mol. The van der Waals surface area contributed by atoms with E-state index in [2.05, 4.69) is 23.6 Å². The number of aldehydes is 1. The summed E-state index contributed by atoms with van der Waals surface area (Å²) in [6.45, 7) is 5.61. The van der Waals surface area contributed by atoms with Gasteiger partial charge in [-0.1, -0.05) is 67.3 Å². The number of anilines is 2. The van der Waals surface area contributed by atoms with Gasteiger partial charge in [0, 0.05) is 22.5 Å². The number of hydrogen-bond acceptors (Lipinski definition) is 4. The molecule has 0 aliphatic heterocycles. The lowest BCUT2D eigenvalue weighted by molar-refractivity contribution is 0.102. The molecule has 3 aromatic rings. The van der Waals surface area contributed by atoms with Crippen molar-refractivity contribution in [2.24, 2.45) is 0 Å². The van der Waals surface area contributed by atoms with Gasteiger partial charge < -0.3 is 4.90 Å². The minimum Gasteiger partial charge on any atom is -0.305 e. The van der Waals surface area contributed by atoms with Gasteiger partial charge in [-0.25, -0.2) is 0 Å². The first-order valence-corrected chi connectivity index (χ1v) is 11.4. The van der Waals surface area contributed by atoms with Crippen LogP contribution >= 0.6 is 11.8 Å². The number of para-hydroxylation sites is 1. The normalized spacial score (nSPS) is 11.7. The topological polar surface area (TPSA) is 37.4 Å². The largest absolute Gasteiger partial charge is 0.305 e. The number of thioether (sulfide) groups is 1.